The molecule has 1 aromatic rings. The SMILES string of the molecule is CCN(C(=O)CNc1cc(F)ccc1C)[C@@H]1CCS(=O)(=O)C1. The zero-order chi connectivity index (χ0) is 16.3. The van der Waals surface area contributed by atoms with E-state index in [0.717, 1.165) is 5.56 Å². The van der Waals surface area contributed by atoms with Gasteiger partial charge in [-0.05, 0) is 38.0 Å². The molecule has 0 unspecified atom stereocenters. The summed E-state index contributed by atoms with van der Waals surface area (Å²) in [5, 5.41) is 2.93. The largest absolute Gasteiger partial charge is 0.376 e. The number of nitrogens with zero attached hydrogens (tertiary/aromatic N) is 1. The lowest BCUT2D eigenvalue weighted by Crippen LogP contribution is -2.43. The van der Waals surface area contributed by atoms with Gasteiger partial charge in [0, 0.05) is 18.3 Å². The number of halogens is 1. The van der Waals surface area contributed by atoms with Crippen molar-refractivity contribution in [1.82, 2.24) is 4.90 Å². The van der Waals surface area contributed by atoms with E-state index in [1.807, 2.05) is 13.8 Å². The van der Waals surface area contributed by atoms with Crippen molar-refractivity contribution in [1.29, 1.82) is 0 Å². The molecule has 2 rings (SSSR count). The lowest BCUT2D eigenvalue weighted by molar-refractivity contribution is -0.130. The Morgan fingerprint density at radius 1 is 1.45 bits per heavy atom. The molecule has 1 atom stereocenters. The quantitative estimate of drug-likeness (QED) is 0.891. The number of rotatable bonds is 5. The Labute approximate surface area is 130 Å². The van der Waals surface area contributed by atoms with Gasteiger partial charge in [-0.1, -0.05) is 6.07 Å². The Morgan fingerprint density at radius 3 is 2.77 bits per heavy atom. The van der Waals surface area contributed by atoms with Crippen molar-refractivity contribution in [3.05, 3.63) is 29.6 Å². The van der Waals surface area contributed by atoms with Gasteiger partial charge >= 0.3 is 0 Å². The van der Waals surface area contributed by atoms with E-state index in [0.29, 0.717) is 18.7 Å². The van der Waals surface area contributed by atoms with Crippen molar-refractivity contribution in [3.8, 4) is 0 Å². The van der Waals surface area contributed by atoms with Crippen molar-refractivity contribution < 1.29 is 17.6 Å². The molecule has 1 N–H and O–H groups in total. The number of benzene rings is 1. The predicted octanol–water partition coefficient (Wildman–Crippen LogP) is 1.58. The summed E-state index contributed by atoms with van der Waals surface area (Å²) in [5.74, 6) is -0.369. The Hall–Kier alpha value is -1.63. The van der Waals surface area contributed by atoms with Gasteiger partial charge in [-0.2, -0.15) is 0 Å². The average molecular weight is 328 g/mol. The monoisotopic (exact) mass is 328 g/mol. The maximum absolute atomic E-state index is 13.2. The average Bonchev–Trinajstić information content (AvgIpc) is 2.80. The highest BCUT2D eigenvalue weighted by Crippen LogP contribution is 2.19. The van der Waals surface area contributed by atoms with Crippen LogP contribution in [0.2, 0.25) is 0 Å². The third kappa shape index (κ3) is 3.97. The fourth-order valence-electron chi connectivity index (χ4n) is 2.72. The number of carbonyl (C=O) groups is 1. The zero-order valence-electron chi connectivity index (χ0n) is 12.8. The fourth-order valence-corrected chi connectivity index (χ4v) is 4.45. The third-order valence-electron chi connectivity index (χ3n) is 3.94. The van der Waals surface area contributed by atoms with Crippen molar-refractivity contribution in [2.45, 2.75) is 26.3 Å². The molecule has 7 heteroatoms. The molecule has 1 fully saturated rings. The molecule has 0 bridgehead atoms. The van der Waals surface area contributed by atoms with E-state index < -0.39 is 9.84 Å². The minimum Gasteiger partial charge on any atom is -0.376 e. The van der Waals surface area contributed by atoms with Crippen molar-refractivity contribution >= 4 is 21.4 Å². The first-order valence-electron chi connectivity index (χ1n) is 7.32. The Balaban J connectivity index is 1.99. The molecule has 5 nitrogen and oxygen atoms in total. The van der Waals surface area contributed by atoms with Gasteiger partial charge < -0.3 is 10.2 Å². The van der Waals surface area contributed by atoms with E-state index in [4.69, 9.17) is 0 Å². The maximum Gasteiger partial charge on any atom is 0.242 e. The summed E-state index contributed by atoms with van der Waals surface area (Å²) in [5.41, 5.74) is 1.42. The van der Waals surface area contributed by atoms with Crippen LogP contribution in [0.1, 0.15) is 18.9 Å². The minimum atomic E-state index is -3.03. The summed E-state index contributed by atoms with van der Waals surface area (Å²) in [6.45, 7) is 4.14. The van der Waals surface area contributed by atoms with Gasteiger partial charge in [-0.15, -0.1) is 0 Å². The molecule has 1 aliphatic rings. The van der Waals surface area contributed by atoms with Crippen LogP contribution in [0, 0.1) is 12.7 Å². The molecular weight excluding hydrogens is 307 g/mol. The van der Waals surface area contributed by atoms with Crippen LogP contribution in [0.15, 0.2) is 18.2 Å². The molecule has 1 aromatic carbocycles. The van der Waals surface area contributed by atoms with Gasteiger partial charge in [-0.3, -0.25) is 4.79 Å². The first-order valence-corrected chi connectivity index (χ1v) is 9.14. The Kier molecular flexibility index (Phi) is 5.05. The number of amides is 1. The zero-order valence-corrected chi connectivity index (χ0v) is 13.6. The van der Waals surface area contributed by atoms with Gasteiger partial charge in [0.15, 0.2) is 9.84 Å². The summed E-state index contributed by atoms with van der Waals surface area (Å²) < 4.78 is 36.3. The number of nitrogens with one attached hydrogen (secondary N) is 1. The number of hydrogen-bond donors (Lipinski definition) is 1. The standard InChI is InChI=1S/C15H21FN2O3S/c1-3-18(13-6-7-22(20,21)10-13)15(19)9-17-14-8-12(16)5-4-11(14)2/h4-5,8,13,17H,3,6-7,9-10H2,1-2H3/t13-/m1/s1. The first-order chi connectivity index (χ1) is 10.3. The lowest BCUT2D eigenvalue weighted by Gasteiger charge is -2.27. The van der Waals surface area contributed by atoms with Crippen LogP contribution in [0.3, 0.4) is 0 Å². The lowest BCUT2D eigenvalue weighted by atomic mass is 10.2. The minimum absolute atomic E-state index is 0.0225. The van der Waals surface area contributed by atoms with E-state index in [-0.39, 0.29) is 35.8 Å². The number of aryl methyl sites for hydroxylation is 1. The second-order valence-electron chi connectivity index (χ2n) is 5.55. The molecular formula is C15H21FN2O3S. The van der Waals surface area contributed by atoms with Crippen LogP contribution in [0.5, 0.6) is 0 Å². The topological polar surface area (TPSA) is 66.5 Å². The van der Waals surface area contributed by atoms with E-state index in [2.05, 4.69) is 5.32 Å². The highest BCUT2D eigenvalue weighted by molar-refractivity contribution is 7.91. The molecule has 22 heavy (non-hydrogen) atoms. The molecule has 0 radical (unpaired) electrons. The molecule has 1 saturated heterocycles. The summed E-state index contributed by atoms with van der Waals surface area (Å²) in [6, 6.07) is 4.10. The summed E-state index contributed by atoms with van der Waals surface area (Å²) >= 11 is 0. The number of hydrogen-bond acceptors (Lipinski definition) is 4. The molecule has 1 aliphatic heterocycles. The van der Waals surface area contributed by atoms with E-state index in [1.165, 1.54) is 12.1 Å². The second-order valence-corrected chi connectivity index (χ2v) is 7.78. The Bertz CT molecular complexity index is 661. The highest BCUT2D eigenvalue weighted by Gasteiger charge is 2.33. The van der Waals surface area contributed by atoms with Gasteiger partial charge in [-0.25, -0.2) is 12.8 Å². The normalized spacial score (nSPS) is 19.9. The first kappa shape index (κ1) is 16.7. The van der Waals surface area contributed by atoms with Crippen molar-refractivity contribution in [2.24, 2.45) is 0 Å². The number of likely N-dealkylation sites (N-methyl/N-ethyl adjacent to an activating group) is 1. The van der Waals surface area contributed by atoms with Crippen LogP contribution >= 0.6 is 0 Å². The van der Waals surface area contributed by atoms with Gasteiger partial charge in [0.1, 0.15) is 5.82 Å². The maximum atomic E-state index is 13.2. The van der Waals surface area contributed by atoms with Crippen LogP contribution in [0.25, 0.3) is 0 Å². The molecule has 1 amide bonds. The molecule has 0 aromatic heterocycles. The smallest absolute Gasteiger partial charge is 0.242 e. The second kappa shape index (κ2) is 6.64. The van der Waals surface area contributed by atoms with E-state index >= 15 is 0 Å². The van der Waals surface area contributed by atoms with Gasteiger partial charge in [0.2, 0.25) is 5.91 Å². The molecule has 0 aliphatic carbocycles. The highest BCUT2D eigenvalue weighted by atomic mass is 32.2. The van der Waals surface area contributed by atoms with Gasteiger partial charge in [0.25, 0.3) is 0 Å². The summed E-state index contributed by atoms with van der Waals surface area (Å²) in [4.78, 5) is 13.9. The van der Waals surface area contributed by atoms with Crippen LogP contribution < -0.4 is 5.32 Å². The number of anilines is 1. The Morgan fingerprint density at radius 2 is 2.18 bits per heavy atom. The van der Waals surface area contributed by atoms with E-state index in [9.17, 15) is 17.6 Å². The number of carbonyl (C=O) groups excluding carboxylic acids is 1. The molecule has 1 heterocycles. The summed E-state index contributed by atoms with van der Waals surface area (Å²) in [7, 11) is -3.03. The van der Waals surface area contributed by atoms with Crippen LogP contribution in [-0.4, -0.2) is 49.9 Å². The van der Waals surface area contributed by atoms with Gasteiger partial charge in [0.05, 0.1) is 18.1 Å². The molecule has 0 saturated carbocycles. The predicted molar refractivity (Wildman–Crippen MR) is 84.1 cm³/mol. The third-order valence-corrected chi connectivity index (χ3v) is 5.69. The van der Waals surface area contributed by atoms with Crippen LogP contribution in [-0.2, 0) is 14.6 Å². The fraction of sp³-hybridized carbons (Fsp3) is 0.533. The summed E-state index contributed by atoms with van der Waals surface area (Å²) in [6.07, 6.45) is 0.487. The van der Waals surface area contributed by atoms with E-state index in [1.54, 1.807) is 11.0 Å². The van der Waals surface area contributed by atoms with Crippen molar-refractivity contribution in [2.75, 3.05) is 29.9 Å². The van der Waals surface area contributed by atoms with Crippen LogP contribution in [0.4, 0.5) is 10.1 Å². The van der Waals surface area contributed by atoms with Crippen molar-refractivity contribution in [3.63, 3.8) is 0 Å². The number of sulfone groups is 1. The molecule has 0 spiro atoms. The molecule has 122 valence electrons.